The lowest BCUT2D eigenvalue weighted by Crippen LogP contribution is -2.36. The Morgan fingerprint density at radius 2 is 2.19 bits per heavy atom. The third kappa shape index (κ3) is 3.05. The van der Waals surface area contributed by atoms with Crippen LogP contribution < -0.4 is 21.1 Å². The molecule has 0 saturated heterocycles. The van der Waals surface area contributed by atoms with E-state index in [0.717, 1.165) is 37.0 Å². The Morgan fingerprint density at radius 3 is 2.88 bits per heavy atom. The van der Waals surface area contributed by atoms with Gasteiger partial charge in [-0.1, -0.05) is 0 Å². The quantitative estimate of drug-likeness (QED) is 0.500. The van der Waals surface area contributed by atoms with Crippen LogP contribution in [0.4, 0.5) is 5.69 Å². The fourth-order valence-electron chi connectivity index (χ4n) is 1.42. The number of aliphatic imine (C=N–C) groups is 1. The Hall–Kier alpha value is -1.91. The monoisotopic (exact) mass is 220 g/mol. The summed E-state index contributed by atoms with van der Waals surface area (Å²) in [5.74, 6) is 1.69. The highest BCUT2D eigenvalue weighted by Crippen LogP contribution is 2.12. The molecule has 0 aliphatic carbocycles. The van der Waals surface area contributed by atoms with Gasteiger partial charge in [-0.25, -0.2) is 0 Å². The van der Waals surface area contributed by atoms with Gasteiger partial charge in [0.2, 0.25) is 0 Å². The number of nitrogens with one attached hydrogen (secondary N) is 2. The van der Waals surface area contributed by atoms with E-state index < -0.39 is 0 Å². The van der Waals surface area contributed by atoms with E-state index in [1.54, 1.807) is 0 Å². The third-order valence-corrected chi connectivity index (χ3v) is 2.22. The Morgan fingerprint density at radius 1 is 1.38 bits per heavy atom. The molecule has 0 radical (unpaired) electrons. The number of ether oxygens (including phenoxy) is 1. The molecule has 5 nitrogen and oxygen atoms in total. The number of hydrogen-bond acceptors (Lipinski definition) is 5. The zero-order valence-corrected chi connectivity index (χ0v) is 9.07. The molecule has 86 valence electrons. The molecule has 1 aliphatic rings. The van der Waals surface area contributed by atoms with Crippen molar-refractivity contribution in [1.82, 2.24) is 10.6 Å². The van der Waals surface area contributed by atoms with Crippen molar-refractivity contribution in [2.45, 2.75) is 0 Å². The summed E-state index contributed by atoms with van der Waals surface area (Å²) in [5.41, 5.74) is 6.32. The van der Waals surface area contributed by atoms with E-state index in [-0.39, 0.29) is 0 Å². The summed E-state index contributed by atoms with van der Waals surface area (Å²) in [4.78, 5) is 4.21. The largest absolute Gasteiger partial charge is 0.492 e. The van der Waals surface area contributed by atoms with Crippen molar-refractivity contribution in [3.8, 4) is 5.75 Å². The summed E-state index contributed by atoms with van der Waals surface area (Å²) in [5, 5.41) is 6.28. The van der Waals surface area contributed by atoms with Crippen LogP contribution in [0.15, 0.2) is 29.3 Å². The minimum atomic E-state index is 0.602. The van der Waals surface area contributed by atoms with Gasteiger partial charge in [0.05, 0.1) is 13.1 Å². The van der Waals surface area contributed by atoms with Gasteiger partial charge in [0.25, 0.3) is 0 Å². The van der Waals surface area contributed by atoms with Crippen LogP contribution in [0.5, 0.6) is 5.75 Å². The Labute approximate surface area is 94.7 Å². The molecule has 0 spiro atoms. The van der Waals surface area contributed by atoms with Crippen LogP contribution in [-0.4, -0.2) is 32.2 Å². The van der Waals surface area contributed by atoms with Crippen LogP contribution in [0.25, 0.3) is 0 Å². The normalized spacial score (nSPS) is 14.1. The summed E-state index contributed by atoms with van der Waals surface area (Å²) in [6.45, 7) is 3.10. The maximum absolute atomic E-state index is 5.57. The van der Waals surface area contributed by atoms with Gasteiger partial charge in [0, 0.05) is 12.2 Å². The minimum Gasteiger partial charge on any atom is -0.492 e. The molecule has 0 fully saturated rings. The highest BCUT2D eigenvalue weighted by molar-refractivity contribution is 5.81. The summed E-state index contributed by atoms with van der Waals surface area (Å²) in [7, 11) is 0. The Kier molecular flexibility index (Phi) is 3.48. The Balaban J connectivity index is 1.66. The lowest BCUT2D eigenvalue weighted by atomic mass is 10.3. The summed E-state index contributed by atoms with van der Waals surface area (Å²) in [6.07, 6.45) is 0. The van der Waals surface area contributed by atoms with Gasteiger partial charge in [-0.2, -0.15) is 0 Å². The third-order valence-electron chi connectivity index (χ3n) is 2.22. The first kappa shape index (κ1) is 10.6. The second kappa shape index (κ2) is 5.25. The zero-order valence-electron chi connectivity index (χ0n) is 9.07. The van der Waals surface area contributed by atoms with E-state index in [4.69, 9.17) is 10.5 Å². The molecule has 0 aromatic heterocycles. The van der Waals surface area contributed by atoms with Crippen molar-refractivity contribution < 1.29 is 4.74 Å². The van der Waals surface area contributed by atoms with Gasteiger partial charge in [-0.15, -0.1) is 0 Å². The number of nitrogen functional groups attached to an aromatic ring is 1. The highest BCUT2D eigenvalue weighted by Gasteiger charge is 2.02. The molecule has 1 aliphatic heterocycles. The van der Waals surface area contributed by atoms with E-state index >= 15 is 0 Å². The zero-order chi connectivity index (χ0) is 11.2. The molecule has 0 amide bonds. The molecule has 0 atom stereocenters. The number of hydrogen-bond donors (Lipinski definition) is 3. The second-order valence-electron chi connectivity index (χ2n) is 3.50. The van der Waals surface area contributed by atoms with E-state index in [1.807, 2.05) is 24.3 Å². The number of nitrogens with two attached hydrogens (primary N) is 1. The van der Waals surface area contributed by atoms with E-state index in [9.17, 15) is 0 Å². The van der Waals surface area contributed by atoms with Crippen molar-refractivity contribution >= 4 is 11.6 Å². The van der Waals surface area contributed by atoms with Gasteiger partial charge in [-0.3, -0.25) is 4.99 Å². The Bertz CT molecular complexity index is 361. The van der Waals surface area contributed by atoms with Gasteiger partial charge < -0.3 is 21.1 Å². The molecule has 2 rings (SSSR count). The molecule has 1 aromatic rings. The number of nitrogens with zero attached hydrogens (tertiary/aromatic N) is 1. The lowest BCUT2D eigenvalue weighted by Gasteiger charge is -2.08. The fourth-order valence-corrected chi connectivity index (χ4v) is 1.42. The summed E-state index contributed by atoms with van der Waals surface area (Å²) >= 11 is 0. The van der Waals surface area contributed by atoms with Gasteiger partial charge in [0.1, 0.15) is 12.4 Å². The number of rotatable bonds is 4. The summed E-state index contributed by atoms with van der Waals surface area (Å²) < 4.78 is 5.52. The lowest BCUT2D eigenvalue weighted by molar-refractivity contribution is 0.322. The molecular weight excluding hydrogens is 204 g/mol. The fraction of sp³-hybridized carbons (Fsp3) is 0.364. The number of guanidine groups is 1. The van der Waals surface area contributed by atoms with Crippen LogP contribution >= 0.6 is 0 Å². The standard InChI is InChI=1S/C11H16N4O/c12-9-1-3-10(4-2-9)16-8-7-15-11-13-5-6-14-11/h1-4H,5-8,12H2,(H2,13,14,15). The maximum Gasteiger partial charge on any atom is 0.191 e. The minimum absolute atomic E-state index is 0.602. The van der Waals surface area contributed by atoms with Gasteiger partial charge >= 0.3 is 0 Å². The van der Waals surface area contributed by atoms with Crippen LogP contribution in [-0.2, 0) is 0 Å². The predicted octanol–water partition coefficient (Wildman–Crippen LogP) is 0.196. The molecule has 1 heterocycles. The predicted molar refractivity (Wildman–Crippen MR) is 64.7 cm³/mol. The van der Waals surface area contributed by atoms with Crippen LogP contribution in [0, 0.1) is 0 Å². The van der Waals surface area contributed by atoms with Crippen molar-refractivity contribution in [3.05, 3.63) is 24.3 Å². The SMILES string of the molecule is Nc1ccc(OCCNC2=NCCN2)cc1. The van der Waals surface area contributed by atoms with Crippen molar-refractivity contribution in [2.75, 3.05) is 32.0 Å². The smallest absolute Gasteiger partial charge is 0.191 e. The van der Waals surface area contributed by atoms with Crippen LogP contribution in [0.2, 0.25) is 0 Å². The molecule has 16 heavy (non-hydrogen) atoms. The summed E-state index contributed by atoms with van der Waals surface area (Å²) in [6, 6.07) is 7.37. The van der Waals surface area contributed by atoms with E-state index in [1.165, 1.54) is 0 Å². The van der Waals surface area contributed by atoms with Crippen molar-refractivity contribution in [2.24, 2.45) is 4.99 Å². The molecule has 0 unspecified atom stereocenters. The van der Waals surface area contributed by atoms with Gasteiger partial charge in [0.15, 0.2) is 5.96 Å². The second-order valence-corrected chi connectivity index (χ2v) is 3.50. The molecule has 0 saturated carbocycles. The van der Waals surface area contributed by atoms with Crippen molar-refractivity contribution in [3.63, 3.8) is 0 Å². The average Bonchev–Trinajstić information content (AvgIpc) is 2.80. The first-order valence-electron chi connectivity index (χ1n) is 5.35. The van der Waals surface area contributed by atoms with E-state index in [2.05, 4.69) is 15.6 Å². The molecular formula is C11H16N4O. The average molecular weight is 220 g/mol. The van der Waals surface area contributed by atoms with E-state index in [0.29, 0.717) is 6.61 Å². The first-order chi connectivity index (χ1) is 7.84. The number of benzene rings is 1. The van der Waals surface area contributed by atoms with Gasteiger partial charge in [-0.05, 0) is 24.3 Å². The molecule has 0 bridgehead atoms. The maximum atomic E-state index is 5.57. The molecule has 4 N–H and O–H groups in total. The highest BCUT2D eigenvalue weighted by atomic mass is 16.5. The molecule has 1 aromatic carbocycles. The number of anilines is 1. The van der Waals surface area contributed by atoms with Crippen LogP contribution in [0.3, 0.4) is 0 Å². The van der Waals surface area contributed by atoms with Crippen LogP contribution in [0.1, 0.15) is 0 Å². The topological polar surface area (TPSA) is 71.7 Å². The van der Waals surface area contributed by atoms with Crippen molar-refractivity contribution in [1.29, 1.82) is 0 Å². The molecule has 5 heteroatoms. The first-order valence-corrected chi connectivity index (χ1v) is 5.35.